The Labute approximate surface area is 266 Å². The molecule has 0 fully saturated rings. The third-order valence-electron chi connectivity index (χ3n) is 10.1. The van der Waals surface area contributed by atoms with Crippen molar-refractivity contribution >= 4 is 28.1 Å². The van der Waals surface area contributed by atoms with Gasteiger partial charge >= 0.3 is 6.01 Å². The van der Waals surface area contributed by atoms with Crippen molar-refractivity contribution in [3.05, 3.63) is 167 Å². The lowest BCUT2D eigenvalue weighted by molar-refractivity contribution is 0.306. The molecule has 0 radical (unpaired) electrons. The topological polar surface area (TPSA) is 39.5 Å². The minimum Gasteiger partial charge on any atom is -0.457 e. The van der Waals surface area contributed by atoms with Crippen LogP contribution in [0.25, 0.3) is 11.0 Å². The van der Waals surface area contributed by atoms with Crippen LogP contribution in [0.1, 0.15) is 41.7 Å². The predicted molar refractivity (Wildman–Crippen MR) is 181 cm³/mol. The van der Waals surface area contributed by atoms with Gasteiger partial charge in [0, 0.05) is 28.4 Å². The molecule has 46 heavy (non-hydrogen) atoms. The Morgan fingerprint density at radius 3 is 1.76 bits per heavy atom. The molecule has 3 aliphatic heterocycles. The molecule has 1 spiro atoms. The molecule has 0 saturated carbocycles. The predicted octanol–water partition coefficient (Wildman–Crippen LogP) is 10.2. The summed E-state index contributed by atoms with van der Waals surface area (Å²) in [6, 6.07) is 50.0. The van der Waals surface area contributed by atoms with Crippen molar-refractivity contribution in [2.75, 3.05) is 4.90 Å². The van der Waals surface area contributed by atoms with Gasteiger partial charge in [-0.05, 0) is 67.4 Å². The molecule has 0 N–H and O–H groups in total. The van der Waals surface area contributed by atoms with Crippen LogP contribution in [0.4, 0.5) is 17.1 Å². The summed E-state index contributed by atoms with van der Waals surface area (Å²) >= 11 is 0. The highest BCUT2D eigenvalue weighted by atomic mass is 16.5. The summed E-state index contributed by atoms with van der Waals surface area (Å²) in [6.07, 6.45) is 0. The van der Waals surface area contributed by atoms with E-state index in [-0.39, 0.29) is 5.54 Å². The van der Waals surface area contributed by atoms with Gasteiger partial charge in [-0.15, -0.1) is 0 Å². The summed E-state index contributed by atoms with van der Waals surface area (Å²) in [5.74, 6) is 2.58. The van der Waals surface area contributed by atoms with Gasteiger partial charge in [0.05, 0.1) is 33.4 Å². The fraction of sp³-hybridized carbons (Fsp3) is 0.0976. The van der Waals surface area contributed by atoms with Crippen LogP contribution in [0.5, 0.6) is 23.3 Å². The molecule has 220 valence electrons. The van der Waals surface area contributed by atoms with Gasteiger partial charge in [0.25, 0.3) is 0 Å². The molecule has 3 aliphatic rings. The number of rotatable bonds is 1. The van der Waals surface area contributed by atoms with Crippen molar-refractivity contribution in [2.24, 2.45) is 0 Å². The standard InChI is InChI=1S/C41H29N3O2/c1-40(2)29-24-23-26(25-38(29)46-39-42-32-17-7-10-20-35(32)44(39)40)43-33-18-8-3-13-27(33)41(28-14-4-9-19-34(28)43)30-15-5-11-21-36(30)45-37-22-12-6-16-31(37)41/h3-25H,1-2H3. The van der Waals surface area contributed by atoms with E-state index in [0.717, 1.165) is 62.0 Å². The fourth-order valence-corrected chi connectivity index (χ4v) is 8.17. The number of fused-ring (bicyclic) bond motifs is 12. The van der Waals surface area contributed by atoms with E-state index in [4.69, 9.17) is 14.5 Å². The Morgan fingerprint density at radius 1 is 0.522 bits per heavy atom. The Kier molecular flexibility index (Phi) is 4.93. The number of hydrogen-bond acceptors (Lipinski definition) is 4. The van der Waals surface area contributed by atoms with Crippen LogP contribution in [0.3, 0.4) is 0 Å². The molecule has 5 nitrogen and oxygen atoms in total. The van der Waals surface area contributed by atoms with Gasteiger partial charge in [0.1, 0.15) is 17.2 Å². The number of imidazole rings is 1. The van der Waals surface area contributed by atoms with Crippen molar-refractivity contribution in [2.45, 2.75) is 24.8 Å². The van der Waals surface area contributed by atoms with E-state index < -0.39 is 5.41 Å². The van der Waals surface area contributed by atoms with Gasteiger partial charge < -0.3 is 14.4 Å². The quantitative estimate of drug-likeness (QED) is 0.189. The van der Waals surface area contributed by atoms with E-state index in [0.29, 0.717) is 6.01 Å². The van der Waals surface area contributed by atoms with Crippen LogP contribution in [-0.4, -0.2) is 9.55 Å². The number of ether oxygens (including phenoxy) is 2. The van der Waals surface area contributed by atoms with Gasteiger partial charge in [-0.1, -0.05) is 91.0 Å². The van der Waals surface area contributed by atoms with Gasteiger partial charge in [0.2, 0.25) is 0 Å². The molecule has 0 amide bonds. The molecule has 4 heterocycles. The molecule has 0 saturated heterocycles. The Hall–Kier alpha value is -5.81. The molecule has 0 unspecified atom stereocenters. The third-order valence-corrected chi connectivity index (χ3v) is 10.1. The molecule has 0 atom stereocenters. The number of aromatic nitrogens is 2. The number of anilines is 3. The normalized spacial score (nSPS) is 15.8. The van der Waals surface area contributed by atoms with Crippen molar-refractivity contribution in [3.63, 3.8) is 0 Å². The lowest BCUT2D eigenvalue weighted by Gasteiger charge is -2.48. The SMILES string of the molecule is CC1(C)c2ccc(N3c4ccccc4C4(c5ccccc5Oc5ccccc54)c4ccccc43)cc2Oc2nc3ccccc3n21. The fourth-order valence-electron chi connectivity index (χ4n) is 8.17. The molecular formula is C41H29N3O2. The highest BCUT2D eigenvalue weighted by molar-refractivity contribution is 5.91. The second-order valence-corrected chi connectivity index (χ2v) is 12.8. The molecule has 7 aromatic rings. The zero-order valence-electron chi connectivity index (χ0n) is 25.4. The van der Waals surface area contributed by atoms with Crippen molar-refractivity contribution in [3.8, 4) is 23.3 Å². The summed E-state index contributed by atoms with van der Waals surface area (Å²) in [5.41, 5.74) is 10.2. The van der Waals surface area contributed by atoms with E-state index in [2.05, 4.69) is 151 Å². The van der Waals surface area contributed by atoms with Gasteiger partial charge in [-0.25, -0.2) is 0 Å². The van der Waals surface area contributed by atoms with Crippen LogP contribution >= 0.6 is 0 Å². The molecule has 1 aromatic heterocycles. The Balaban J connectivity index is 1.22. The van der Waals surface area contributed by atoms with Crippen molar-refractivity contribution in [1.82, 2.24) is 9.55 Å². The molecular weight excluding hydrogens is 566 g/mol. The van der Waals surface area contributed by atoms with E-state index in [1.807, 2.05) is 12.1 Å². The number of benzene rings is 6. The lowest BCUT2D eigenvalue weighted by atomic mass is 9.61. The lowest BCUT2D eigenvalue weighted by Crippen LogP contribution is -2.39. The van der Waals surface area contributed by atoms with Crippen molar-refractivity contribution in [1.29, 1.82) is 0 Å². The number of para-hydroxylation sites is 6. The maximum atomic E-state index is 6.62. The first-order valence-corrected chi connectivity index (χ1v) is 15.7. The molecule has 5 heteroatoms. The first kappa shape index (κ1) is 25.5. The van der Waals surface area contributed by atoms with Crippen molar-refractivity contribution < 1.29 is 9.47 Å². The second kappa shape index (κ2) is 8.89. The Morgan fingerprint density at radius 2 is 1.09 bits per heavy atom. The first-order chi connectivity index (χ1) is 22.6. The highest BCUT2D eigenvalue weighted by Crippen LogP contribution is 2.63. The second-order valence-electron chi connectivity index (χ2n) is 12.8. The van der Waals surface area contributed by atoms with Crippen LogP contribution < -0.4 is 14.4 Å². The van der Waals surface area contributed by atoms with E-state index >= 15 is 0 Å². The number of hydrogen-bond donors (Lipinski definition) is 0. The highest BCUT2D eigenvalue weighted by Gasteiger charge is 2.51. The van der Waals surface area contributed by atoms with Gasteiger partial charge in [-0.2, -0.15) is 4.98 Å². The maximum Gasteiger partial charge on any atom is 0.303 e. The summed E-state index contributed by atoms with van der Waals surface area (Å²) < 4.78 is 15.4. The van der Waals surface area contributed by atoms with Gasteiger partial charge in [0.15, 0.2) is 0 Å². The van der Waals surface area contributed by atoms with Crippen LogP contribution in [0.15, 0.2) is 140 Å². The molecule has 0 aliphatic carbocycles. The van der Waals surface area contributed by atoms with Gasteiger partial charge in [-0.3, -0.25) is 4.57 Å². The minimum atomic E-state index is -0.563. The summed E-state index contributed by atoms with van der Waals surface area (Å²) in [7, 11) is 0. The summed E-state index contributed by atoms with van der Waals surface area (Å²) in [6.45, 7) is 4.47. The molecule has 6 aromatic carbocycles. The third kappa shape index (κ3) is 3.12. The van der Waals surface area contributed by atoms with E-state index in [9.17, 15) is 0 Å². The monoisotopic (exact) mass is 595 g/mol. The van der Waals surface area contributed by atoms with Crippen LogP contribution in [0.2, 0.25) is 0 Å². The zero-order valence-corrected chi connectivity index (χ0v) is 25.4. The summed E-state index contributed by atoms with van der Waals surface area (Å²) in [5, 5.41) is 0. The number of nitrogens with zero attached hydrogens (tertiary/aromatic N) is 3. The smallest absolute Gasteiger partial charge is 0.303 e. The maximum absolute atomic E-state index is 6.62. The molecule has 10 rings (SSSR count). The molecule has 0 bridgehead atoms. The van der Waals surface area contributed by atoms with Crippen LogP contribution in [0, 0.1) is 0 Å². The van der Waals surface area contributed by atoms with E-state index in [1.165, 1.54) is 11.1 Å². The minimum absolute atomic E-state index is 0.352. The first-order valence-electron chi connectivity index (χ1n) is 15.7. The average molecular weight is 596 g/mol. The summed E-state index contributed by atoms with van der Waals surface area (Å²) in [4.78, 5) is 7.26. The van der Waals surface area contributed by atoms with Crippen LogP contribution in [-0.2, 0) is 11.0 Å². The van der Waals surface area contributed by atoms with E-state index in [1.54, 1.807) is 0 Å². The zero-order chi connectivity index (χ0) is 30.6. The average Bonchev–Trinajstić information content (AvgIpc) is 3.47. The Bertz CT molecular complexity index is 2290. The largest absolute Gasteiger partial charge is 0.457 e.